The van der Waals surface area contributed by atoms with Gasteiger partial charge in [0.05, 0.1) is 4.90 Å². The van der Waals surface area contributed by atoms with Crippen LogP contribution in [0, 0.1) is 0 Å². The van der Waals surface area contributed by atoms with E-state index in [9.17, 15) is 21.6 Å². The molecule has 0 heterocycles. The van der Waals surface area contributed by atoms with Crippen molar-refractivity contribution < 1.29 is 21.6 Å². The first-order valence-electron chi connectivity index (χ1n) is 4.85. The molecule has 18 heavy (non-hydrogen) atoms. The summed E-state index contributed by atoms with van der Waals surface area (Å²) in [6.07, 6.45) is -4.59. The van der Waals surface area contributed by atoms with Crippen LogP contribution in [0.25, 0.3) is 0 Å². The minimum absolute atomic E-state index is 0.0880. The molecule has 0 radical (unpaired) electrons. The van der Waals surface area contributed by atoms with Crippen molar-refractivity contribution in [3.8, 4) is 0 Å². The maximum atomic E-state index is 12.2. The smallest absolute Gasteiger partial charge is 0.207 e. The Balaban J connectivity index is 3.14. The second kappa shape index (κ2) is 5.46. The first kappa shape index (κ1) is 15.3. The van der Waals surface area contributed by atoms with Crippen LogP contribution in [-0.4, -0.2) is 32.5 Å². The molecule has 0 aromatic heterocycles. The van der Waals surface area contributed by atoms with Gasteiger partial charge in [-0.2, -0.15) is 17.5 Å². The number of alkyl halides is 4. The van der Waals surface area contributed by atoms with E-state index < -0.39 is 22.7 Å². The lowest BCUT2D eigenvalue weighted by Gasteiger charge is -2.20. The predicted octanol–water partition coefficient (Wildman–Crippen LogP) is 2.61. The van der Waals surface area contributed by atoms with E-state index >= 15 is 0 Å². The van der Waals surface area contributed by atoms with Gasteiger partial charge >= 0.3 is 6.18 Å². The summed E-state index contributed by atoms with van der Waals surface area (Å²) in [6.45, 7) is -1.54. The average molecular weight is 302 g/mol. The van der Waals surface area contributed by atoms with Gasteiger partial charge in [-0.15, -0.1) is 11.6 Å². The van der Waals surface area contributed by atoms with Crippen molar-refractivity contribution in [3.63, 3.8) is 0 Å². The Hall–Kier alpha value is -0.790. The maximum Gasteiger partial charge on any atom is 0.402 e. The standard InChI is InChI=1S/C10H11ClF3NO2S/c1-15(7-10(12,13)14)18(16,17)9-5-3-2-4-8(9)6-11/h2-5H,6-7H2,1H3. The number of rotatable bonds is 4. The van der Waals surface area contributed by atoms with Gasteiger partial charge in [-0.3, -0.25) is 0 Å². The fourth-order valence-electron chi connectivity index (χ4n) is 1.37. The van der Waals surface area contributed by atoms with Gasteiger partial charge < -0.3 is 0 Å². The van der Waals surface area contributed by atoms with E-state index in [4.69, 9.17) is 11.6 Å². The van der Waals surface area contributed by atoms with Crippen LogP contribution in [-0.2, 0) is 15.9 Å². The Bertz CT molecular complexity index is 516. The molecule has 0 spiro atoms. The topological polar surface area (TPSA) is 37.4 Å². The Morgan fingerprint density at radius 1 is 1.28 bits per heavy atom. The van der Waals surface area contributed by atoms with E-state index in [1.54, 1.807) is 6.07 Å². The largest absolute Gasteiger partial charge is 0.402 e. The van der Waals surface area contributed by atoms with E-state index in [2.05, 4.69) is 0 Å². The molecule has 0 aliphatic heterocycles. The van der Waals surface area contributed by atoms with Crippen molar-refractivity contribution in [3.05, 3.63) is 29.8 Å². The molecule has 1 aromatic rings. The van der Waals surface area contributed by atoms with Crippen molar-refractivity contribution in [2.45, 2.75) is 17.0 Å². The van der Waals surface area contributed by atoms with Crippen molar-refractivity contribution in [2.24, 2.45) is 0 Å². The molecule has 0 N–H and O–H groups in total. The number of sulfonamides is 1. The zero-order valence-corrected chi connectivity index (χ0v) is 11.0. The molecule has 8 heteroatoms. The summed E-state index contributed by atoms with van der Waals surface area (Å²) in [4.78, 5) is -0.202. The number of nitrogens with zero attached hydrogens (tertiary/aromatic N) is 1. The summed E-state index contributed by atoms with van der Waals surface area (Å²) < 4.78 is 60.8. The third kappa shape index (κ3) is 3.60. The van der Waals surface area contributed by atoms with Crippen LogP contribution < -0.4 is 0 Å². The highest BCUT2D eigenvalue weighted by Crippen LogP contribution is 2.24. The summed E-state index contributed by atoms with van der Waals surface area (Å²) in [5.41, 5.74) is 0.271. The van der Waals surface area contributed by atoms with Crippen LogP contribution in [0.3, 0.4) is 0 Å². The molecule has 0 atom stereocenters. The molecule has 0 saturated heterocycles. The van der Waals surface area contributed by atoms with Crippen LogP contribution in [0.5, 0.6) is 0 Å². The number of halogens is 4. The molecule has 0 fully saturated rings. The van der Waals surface area contributed by atoms with Crippen molar-refractivity contribution in [2.75, 3.05) is 13.6 Å². The Morgan fingerprint density at radius 3 is 2.33 bits per heavy atom. The third-order valence-electron chi connectivity index (χ3n) is 2.21. The van der Waals surface area contributed by atoms with Crippen molar-refractivity contribution in [1.29, 1.82) is 0 Å². The van der Waals surface area contributed by atoms with Crippen LogP contribution in [0.15, 0.2) is 29.2 Å². The molecule has 1 rings (SSSR count). The summed E-state index contributed by atoms with van der Waals surface area (Å²) >= 11 is 5.57. The molecule has 0 saturated carbocycles. The van der Waals surface area contributed by atoms with E-state index in [0.29, 0.717) is 0 Å². The fourth-order valence-corrected chi connectivity index (χ4v) is 3.06. The van der Waals surface area contributed by atoms with Crippen LogP contribution in [0.1, 0.15) is 5.56 Å². The molecule has 1 aromatic carbocycles. The molecule has 0 amide bonds. The predicted molar refractivity (Wildman–Crippen MR) is 61.9 cm³/mol. The molecule has 102 valence electrons. The minimum atomic E-state index is -4.59. The Kier molecular flexibility index (Phi) is 4.63. The van der Waals surface area contributed by atoms with E-state index in [1.165, 1.54) is 18.2 Å². The third-order valence-corrected chi connectivity index (χ3v) is 4.40. The molecular weight excluding hydrogens is 291 g/mol. The Morgan fingerprint density at radius 2 is 1.83 bits per heavy atom. The van der Waals surface area contributed by atoms with E-state index in [-0.39, 0.29) is 20.6 Å². The van der Waals surface area contributed by atoms with Crippen LogP contribution >= 0.6 is 11.6 Å². The first-order chi connectivity index (χ1) is 8.18. The first-order valence-corrected chi connectivity index (χ1v) is 6.83. The highest BCUT2D eigenvalue weighted by atomic mass is 35.5. The van der Waals surface area contributed by atoms with Crippen molar-refractivity contribution >= 4 is 21.6 Å². The van der Waals surface area contributed by atoms with E-state index in [0.717, 1.165) is 7.05 Å². The summed E-state index contributed by atoms with van der Waals surface area (Å²) in [6, 6.07) is 5.70. The maximum absolute atomic E-state index is 12.2. The second-order valence-corrected chi connectivity index (χ2v) is 5.90. The molecule has 0 unspecified atom stereocenters. The Labute approximate surface area is 108 Å². The van der Waals surface area contributed by atoms with Crippen molar-refractivity contribution in [1.82, 2.24) is 4.31 Å². The molecule has 3 nitrogen and oxygen atoms in total. The van der Waals surface area contributed by atoms with Gasteiger partial charge in [-0.1, -0.05) is 18.2 Å². The summed E-state index contributed by atoms with van der Waals surface area (Å²) in [7, 11) is -3.30. The van der Waals surface area contributed by atoms with Gasteiger partial charge in [-0.05, 0) is 11.6 Å². The lowest BCUT2D eigenvalue weighted by Crippen LogP contribution is -2.36. The average Bonchev–Trinajstić information content (AvgIpc) is 2.26. The number of hydrogen-bond donors (Lipinski definition) is 0. The van der Waals surface area contributed by atoms with Crippen LogP contribution in [0.4, 0.5) is 13.2 Å². The molecular formula is C10H11ClF3NO2S. The minimum Gasteiger partial charge on any atom is -0.207 e. The number of benzene rings is 1. The lowest BCUT2D eigenvalue weighted by atomic mass is 10.2. The SMILES string of the molecule is CN(CC(F)(F)F)S(=O)(=O)c1ccccc1CCl. The zero-order chi connectivity index (χ0) is 14.0. The van der Waals surface area contributed by atoms with Gasteiger partial charge in [0.15, 0.2) is 0 Å². The number of hydrogen-bond acceptors (Lipinski definition) is 2. The molecule has 0 bridgehead atoms. The zero-order valence-electron chi connectivity index (χ0n) is 9.41. The van der Waals surface area contributed by atoms with Gasteiger partial charge in [0.25, 0.3) is 0 Å². The summed E-state index contributed by atoms with van der Waals surface area (Å²) in [5, 5.41) is 0. The van der Waals surface area contributed by atoms with Gasteiger partial charge in [-0.25, -0.2) is 8.42 Å². The lowest BCUT2D eigenvalue weighted by molar-refractivity contribution is -0.134. The quantitative estimate of drug-likeness (QED) is 0.802. The van der Waals surface area contributed by atoms with E-state index in [1.807, 2.05) is 0 Å². The molecule has 0 aliphatic rings. The fraction of sp³-hybridized carbons (Fsp3) is 0.400. The normalized spacial score (nSPS) is 13.0. The summed E-state index contributed by atoms with van der Waals surface area (Å²) in [5.74, 6) is -0.0880. The van der Waals surface area contributed by atoms with Gasteiger partial charge in [0.1, 0.15) is 6.54 Å². The van der Waals surface area contributed by atoms with Gasteiger partial charge in [0, 0.05) is 12.9 Å². The highest BCUT2D eigenvalue weighted by molar-refractivity contribution is 7.89. The van der Waals surface area contributed by atoms with Gasteiger partial charge in [0.2, 0.25) is 10.0 Å². The highest BCUT2D eigenvalue weighted by Gasteiger charge is 2.35. The monoisotopic (exact) mass is 301 g/mol. The second-order valence-electron chi connectivity index (χ2n) is 3.62. The van der Waals surface area contributed by atoms with Crippen LogP contribution in [0.2, 0.25) is 0 Å². The molecule has 0 aliphatic carbocycles.